The summed E-state index contributed by atoms with van der Waals surface area (Å²) in [6, 6.07) is 0. The third-order valence-electron chi connectivity index (χ3n) is 3.44. The monoisotopic (exact) mass is 371 g/mol. The molecule has 0 spiro atoms. The van der Waals surface area contributed by atoms with Crippen LogP contribution in [0.2, 0.25) is 0 Å². The number of quaternary nitrogens is 1. The molecule has 0 radical (unpaired) electrons. The molecule has 1 N–H and O–H groups in total. The normalized spacial score (nSPS) is 39.9. The average molecular weight is 371 g/mol. The number of ether oxygens (including phenoxy) is 2. The number of hydrogen-bond acceptors (Lipinski definition) is 5. The van der Waals surface area contributed by atoms with E-state index in [4.69, 9.17) is 14.3 Å². The quantitative estimate of drug-likeness (QED) is 0.428. The minimum Gasteiger partial charge on any atom is -0.566 e. The molecule has 0 saturated carbocycles. The van der Waals surface area contributed by atoms with Gasteiger partial charge in [0.1, 0.15) is 5.60 Å². The van der Waals surface area contributed by atoms with E-state index in [-0.39, 0.29) is 5.92 Å². The molecule has 0 aliphatic carbocycles. The molecule has 0 aromatic rings. The van der Waals surface area contributed by atoms with Crippen molar-refractivity contribution in [2.45, 2.75) is 29.2 Å². The van der Waals surface area contributed by atoms with E-state index in [9.17, 15) is 5.21 Å². The van der Waals surface area contributed by atoms with Crippen molar-refractivity contribution >= 4 is 25.2 Å². The van der Waals surface area contributed by atoms with E-state index in [0.717, 1.165) is 0 Å². The molecule has 2 rings (SSSR count). The van der Waals surface area contributed by atoms with Gasteiger partial charge in [-0.15, -0.1) is 0 Å². The van der Waals surface area contributed by atoms with Crippen molar-refractivity contribution in [3.63, 3.8) is 0 Å². The van der Waals surface area contributed by atoms with Gasteiger partial charge in [-0.25, -0.2) is 0 Å². The van der Waals surface area contributed by atoms with Crippen LogP contribution in [0.1, 0.15) is 13.8 Å². The van der Waals surface area contributed by atoms with E-state index in [0.29, 0.717) is 6.61 Å². The van der Waals surface area contributed by atoms with Crippen molar-refractivity contribution in [1.82, 2.24) is 0 Å². The van der Waals surface area contributed by atoms with Crippen LogP contribution < -0.4 is 5.39 Å². The fraction of sp³-hybridized carbons (Fsp3) is 0.727. The molecule has 2 aliphatic rings. The second kappa shape index (κ2) is 5.14. The van der Waals surface area contributed by atoms with E-state index in [1.807, 2.05) is 6.08 Å². The van der Waals surface area contributed by atoms with Crippen LogP contribution in [0.5, 0.6) is 0 Å². The first-order valence-corrected chi connectivity index (χ1v) is 8.26. The maximum Gasteiger partial charge on any atom is 0.219 e. The summed E-state index contributed by atoms with van der Waals surface area (Å²) >= 11 is -0.614. The zero-order valence-electron chi connectivity index (χ0n) is 10.6. The van der Waals surface area contributed by atoms with Crippen LogP contribution in [0.25, 0.3) is 0 Å². The number of alkyl halides is 1. The molecule has 1 fully saturated rings. The van der Waals surface area contributed by atoms with Gasteiger partial charge in [0.05, 0.1) is 20.0 Å². The summed E-state index contributed by atoms with van der Waals surface area (Å²) in [4.78, 5) is 9.82. The zero-order valence-corrected chi connectivity index (χ0v) is 12.8. The number of halogens is 1. The Kier molecular flexibility index (Phi) is 4.10. The summed E-state index contributed by atoms with van der Waals surface area (Å²) in [5.41, 5.74) is -0.541. The molecular weight excluding hydrogens is 353 g/mol. The first kappa shape index (κ1) is 14.4. The van der Waals surface area contributed by atoms with E-state index in [1.54, 1.807) is 6.26 Å². The Balaban J connectivity index is 2.30. The fourth-order valence-electron chi connectivity index (χ4n) is 2.48. The van der Waals surface area contributed by atoms with Gasteiger partial charge in [-0.3, -0.25) is 0 Å². The van der Waals surface area contributed by atoms with Crippen molar-refractivity contribution in [2.75, 3.05) is 13.7 Å². The van der Waals surface area contributed by atoms with Crippen LogP contribution in [0, 0.1) is 11.1 Å². The Hall–Kier alpha value is -0.0600. The molecule has 0 aromatic carbocycles. The second-order valence-electron chi connectivity index (χ2n) is 4.52. The molecule has 4 atom stereocenters. The van der Waals surface area contributed by atoms with Crippen molar-refractivity contribution in [3.8, 4) is 0 Å². The topological polar surface area (TPSA) is 64.4 Å². The van der Waals surface area contributed by atoms with Gasteiger partial charge >= 0.3 is 0 Å². The molecule has 1 saturated heterocycles. The van der Waals surface area contributed by atoms with Gasteiger partial charge in [-0.2, -0.15) is 9.68 Å². The summed E-state index contributed by atoms with van der Waals surface area (Å²) in [5, 5.41) is 10.6. The minimum absolute atomic E-state index is 0.212. The molecule has 18 heavy (non-hydrogen) atoms. The van der Waals surface area contributed by atoms with Crippen LogP contribution in [-0.4, -0.2) is 33.5 Å². The maximum atomic E-state index is 11.3. The predicted octanol–water partition coefficient (Wildman–Crippen LogP) is 0.299. The number of nitrogens with one attached hydrogen (secondary N) is 1. The van der Waals surface area contributed by atoms with Crippen LogP contribution in [0.4, 0.5) is 0 Å². The van der Waals surface area contributed by atoms with E-state index in [2.05, 4.69) is 23.2 Å². The highest BCUT2D eigenvalue weighted by molar-refractivity contribution is 14.2. The van der Waals surface area contributed by atoms with Crippen LogP contribution in [0.15, 0.2) is 12.3 Å². The number of rotatable bonds is 5. The van der Waals surface area contributed by atoms with E-state index >= 15 is 0 Å². The van der Waals surface area contributed by atoms with Crippen molar-refractivity contribution < 1.29 is 24.5 Å². The Morgan fingerprint density at radius 2 is 2.33 bits per heavy atom. The lowest BCUT2D eigenvalue weighted by Gasteiger charge is -2.39. The lowest BCUT2D eigenvalue weighted by Crippen LogP contribution is -3.06. The summed E-state index contributed by atoms with van der Waals surface area (Å²) in [5.74, 6) is 0.212. The van der Waals surface area contributed by atoms with Crippen LogP contribution in [0.3, 0.4) is 0 Å². The smallest absolute Gasteiger partial charge is 0.219 e. The lowest BCUT2D eigenvalue weighted by molar-refractivity contribution is -1.21. The Morgan fingerprint density at radius 1 is 1.61 bits per heavy atom. The summed E-state index contributed by atoms with van der Waals surface area (Å²) in [7, 11) is 1.29. The van der Waals surface area contributed by atoms with Crippen molar-refractivity contribution in [2.24, 2.45) is 5.92 Å². The van der Waals surface area contributed by atoms with E-state index < -0.39 is 41.4 Å². The number of hydrogen-bond donors (Lipinski definition) is 1. The summed E-state index contributed by atoms with van der Waals surface area (Å²) in [6.45, 7) is 4.44. The standard InChI is InChI=1S/C11H18INO5/c1-8(2)10-5-6-16-11(10,12-3)9(7-17-10)18-13(14)15-4/h5-6,8-9,13H,3,7H2,1-2,4H3/t9?,10-,11+/m0/s1. The van der Waals surface area contributed by atoms with Crippen molar-refractivity contribution in [3.05, 3.63) is 17.5 Å². The van der Waals surface area contributed by atoms with Gasteiger partial charge in [-0.1, -0.05) is 44.5 Å². The van der Waals surface area contributed by atoms with Gasteiger partial charge in [0.15, 0.2) is 6.10 Å². The molecule has 2 unspecified atom stereocenters. The molecule has 0 bridgehead atoms. The highest BCUT2D eigenvalue weighted by Crippen LogP contribution is 2.55. The van der Waals surface area contributed by atoms with Gasteiger partial charge in [0.25, 0.3) is 0 Å². The average Bonchev–Trinajstić information content (AvgIpc) is 2.86. The second-order valence-corrected chi connectivity index (χ2v) is 6.88. The summed E-state index contributed by atoms with van der Waals surface area (Å²) in [6.07, 6.45) is 3.09. The third-order valence-corrected chi connectivity index (χ3v) is 6.36. The van der Waals surface area contributed by atoms with Crippen LogP contribution >= 0.6 is 20.7 Å². The first-order chi connectivity index (χ1) is 8.52. The molecule has 0 aromatic heterocycles. The molecule has 2 heterocycles. The van der Waals surface area contributed by atoms with Crippen LogP contribution in [-0.2, 0) is 19.1 Å². The fourth-order valence-corrected chi connectivity index (χ4v) is 5.16. The molecule has 104 valence electrons. The van der Waals surface area contributed by atoms with Gasteiger partial charge in [0, 0.05) is 0 Å². The SMILES string of the molecule is C=I[C@]12OC=C[C@@]1(C(C)C)OCC2O[NH+]([O-])OC. The predicted molar refractivity (Wildman–Crippen MR) is 73.8 cm³/mol. The van der Waals surface area contributed by atoms with Crippen molar-refractivity contribution in [1.29, 1.82) is 0 Å². The first-order valence-electron chi connectivity index (χ1n) is 5.66. The highest BCUT2D eigenvalue weighted by Gasteiger charge is 2.67. The largest absolute Gasteiger partial charge is 0.566 e. The molecule has 6 nitrogen and oxygen atoms in total. The third kappa shape index (κ3) is 1.84. The maximum absolute atomic E-state index is 11.3. The Bertz CT molecular complexity index is 363. The van der Waals surface area contributed by atoms with Gasteiger partial charge in [-0.05, 0) is 12.0 Å². The molecular formula is C11H18INO5. The lowest BCUT2D eigenvalue weighted by atomic mass is 9.85. The molecule has 0 amide bonds. The Morgan fingerprint density at radius 3 is 2.89 bits per heavy atom. The highest BCUT2D eigenvalue weighted by atomic mass is 127. The number of fused-ring (bicyclic) bond motifs is 1. The molecule has 7 heteroatoms. The van der Waals surface area contributed by atoms with E-state index in [1.165, 1.54) is 7.11 Å². The molecule has 2 aliphatic heterocycles. The Labute approximate surface area is 116 Å². The summed E-state index contributed by atoms with van der Waals surface area (Å²) < 4.78 is 15.1. The minimum atomic E-state index is -0.713. The van der Waals surface area contributed by atoms with Gasteiger partial charge < -0.3 is 14.7 Å². The van der Waals surface area contributed by atoms with Gasteiger partial charge in [0.2, 0.25) is 3.61 Å². The zero-order chi connectivity index (χ0) is 13.4.